The number of halogens is 3. The van der Waals surface area contributed by atoms with E-state index in [9.17, 15) is 13.2 Å². The third-order valence-electron chi connectivity index (χ3n) is 4.90. The first-order valence-electron chi connectivity index (χ1n) is 9.01. The molecule has 0 bridgehead atoms. The molecule has 2 N–H and O–H groups in total. The molecule has 8 heteroatoms. The Morgan fingerprint density at radius 2 is 1.96 bits per heavy atom. The van der Waals surface area contributed by atoms with Crippen molar-refractivity contribution >= 4 is 5.95 Å². The van der Waals surface area contributed by atoms with Crippen LogP contribution in [0.2, 0.25) is 0 Å². The molecular weight excluding hydrogens is 355 g/mol. The third-order valence-corrected chi connectivity index (χ3v) is 4.90. The predicted molar refractivity (Wildman–Crippen MR) is 99.3 cm³/mol. The minimum Gasteiger partial charge on any atom is -0.672 e. The van der Waals surface area contributed by atoms with E-state index in [4.69, 9.17) is 5.73 Å². The molecule has 3 rings (SSSR count). The van der Waals surface area contributed by atoms with Gasteiger partial charge >= 0.3 is 6.18 Å². The SMILES string of the molecule is CN1CCCC1CCNc1nc(C[NH-])cc(-c2ccc(C(F)(F)F)cc2)n1. The lowest BCUT2D eigenvalue weighted by molar-refractivity contribution is -0.137. The van der Waals surface area contributed by atoms with Crippen LogP contribution in [0.4, 0.5) is 19.1 Å². The highest BCUT2D eigenvalue weighted by atomic mass is 19.4. The Kier molecular flexibility index (Phi) is 5.96. The summed E-state index contributed by atoms with van der Waals surface area (Å²) in [7, 11) is 2.12. The van der Waals surface area contributed by atoms with Gasteiger partial charge in [0.05, 0.1) is 11.3 Å². The Labute approximate surface area is 156 Å². The molecule has 1 fully saturated rings. The van der Waals surface area contributed by atoms with Crippen molar-refractivity contribution in [3.63, 3.8) is 0 Å². The number of nitrogens with zero attached hydrogens (tertiary/aromatic N) is 3. The minimum atomic E-state index is -4.36. The molecule has 1 atom stereocenters. The highest BCUT2D eigenvalue weighted by Crippen LogP contribution is 2.31. The summed E-state index contributed by atoms with van der Waals surface area (Å²) in [5.41, 5.74) is 8.50. The second-order valence-electron chi connectivity index (χ2n) is 6.81. The van der Waals surface area contributed by atoms with Crippen molar-refractivity contribution in [2.45, 2.75) is 38.0 Å². The molecule has 1 aliphatic heterocycles. The van der Waals surface area contributed by atoms with Crippen LogP contribution in [0, 0.1) is 0 Å². The first-order valence-corrected chi connectivity index (χ1v) is 9.01. The Hall–Kier alpha value is -2.19. The number of aromatic nitrogens is 2. The summed E-state index contributed by atoms with van der Waals surface area (Å²) in [6.07, 6.45) is -0.996. The fourth-order valence-corrected chi connectivity index (χ4v) is 3.34. The largest absolute Gasteiger partial charge is 0.672 e. The van der Waals surface area contributed by atoms with E-state index in [1.807, 2.05) is 0 Å². The van der Waals surface area contributed by atoms with Crippen molar-refractivity contribution < 1.29 is 13.2 Å². The molecule has 1 aromatic carbocycles. The van der Waals surface area contributed by atoms with Crippen LogP contribution in [0.3, 0.4) is 0 Å². The number of hydrogen-bond acceptors (Lipinski definition) is 4. The van der Waals surface area contributed by atoms with Gasteiger partial charge < -0.3 is 16.0 Å². The van der Waals surface area contributed by atoms with E-state index in [1.165, 1.54) is 25.0 Å². The van der Waals surface area contributed by atoms with Gasteiger partial charge in [-0.2, -0.15) is 13.2 Å². The zero-order valence-corrected chi connectivity index (χ0v) is 15.2. The van der Waals surface area contributed by atoms with Gasteiger partial charge in [0.1, 0.15) is 0 Å². The second kappa shape index (κ2) is 8.22. The number of anilines is 1. The van der Waals surface area contributed by atoms with Crippen molar-refractivity contribution in [2.75, 3.05) is 25.5 Å². The van der Waals surface area contributed by atoms with Gasteiger partial charge in [-0.1, -0.05) is 12.1 Å². The lowest BCUT2D eigenvalue weighted by Gasteiger charge is -2.19. The molecule has 2 aromatic rings. The molecule has 0 amide bonds. The fraction of sp³-hybridized carbons (Fsp3) is 0.474. The van der Waals surface area contributed by atoms with Crippen molar-refractivity contribution in [2.24, 2.45) is 0 Å². The van der Waals surface area contributed by atoms with Crippen molar-refractivity contribution in [3.05, 3.63) is 47.3 Å². The molecule has 2 heterocycles. The summed E-state index contributed by atoms with van der Waals surface area (Å²) in [5, 5.41) is 3.20. The third kappa shape index (κ3) is 4.95. The van der Waals surface area contributed by atoms with Crippen LogP contribution in [0.15, 0.2) is 30.3 Å². The summed E-state index contributed by atoms with van der Waals surface area (Å²) >= 11 is 0. The average molecular weight is 378 g/mol. The van der Waals surface area contributed by atoms with E-state index < -0.39 is 11.7 Å². The molecule has 5 nitrogen and oxygen atoms in total. The standard InChI is InChI=1S/C19H23F3N5/c1-27-10-2-3-16(27)8-9-24-18-25-15(12-23)11-17(26-18)13-4-6-14(7-5-13)19(20,21)22/h4-7,11,16,23H,2-3,8-10,12H2,1H3,(H,24,25,26)/q-1. The van der Waals surface area contributed by atoms with Crippen LogP contribution >= 0.6 is 0 Å². The summed E-state index contributed by atoms with van der Waals surface area (Å²) in [5.74, 6) is 0.412. The molecular formula is C19H23F3N5-. The smallest absolute Gasteiger partial charge is 0.416 e. The number of hydrogen-bond donors (Lipinski definition) is 1. The molecule has 0 spiro atoms. The Morgan fingerprint density at radius 1 is 1.22 bits per heavy atom. The van der Waals surface area contributed by atoms with E-state index in [1.54, 1.807) is 6.07 Å². The molecule has 0 radical (unpaired) electrons. The maximum Gasteiger partial charge on any atom is 0.416 e. The zero-order valence-electron chi connectivity index (χ0n) is 15.2. The zero-order chi connectivity index (χ0) is 19.4. The number of alkyl halides is 3. The first kappa shape index (κ1) is 19.6. The quantitative estimate of drug-likeness (QED) is 0.797. The van der Waals surface area contributed by atoms with Gasteiger partial charge in [0.2, 0.25) is 5.95 Å². The van der Waals surface area contributed by atoms with Crippen LogP contribution < -0.4 is 5.32 Å². The number of likely N-dealkylation sites (tertiary alicyclic amines) is 1. The van der Waals surface area contributed by atoms with Gasteiger partial charge in [-0.15, -0.1) is 6.54 Å². The summed E-state index contributed by atoms with van der Waals surface area (Å²) in [6.45, 7) is 1.81. The highest BCUT2D eigenvalue weighted by molar-refractivity contribution is 5.61. The number of rotatable bonds is 6. The maximum atomic E-state index is 12.7. The topological polar surface area (TPSA) is 64.8 Å². The van der Waals surface area contributed by atoms with Gasteiger partial charge in [0, 0.05) is 23.8 Å². The lowest BCUT2D eigenvalue weighted by atomic mass is 10.1. The molecule has 0 saturated carbocycles. The van der Waals surface area contributed by atoms with Gasteiger partial charge in [-0.3, -0.25) is 0 Å². The predicted octanol–water partition coefficient (Wildman–Crippen LogP) is 4.61. The molecule has 1 saturated heterocycles. The Morgan fingerprint density at radius 3 is 2.56 bits per heavy atom. The molecule has 146 valence electrons. The van der Waals surface area contributed by atoms with Crippen LogP contribution in [-0.2, 0) is 12.7 Å². The highest BCUT2D eigenvalue weighted by Gasteiger charge is 2.30. The van der Waals surface area contributed by atoms with E-state index in [2.05, 4.69) is 27.2 Å². The maximum absolute atomic E-state index is 12.7. The van der Waals surface area contributed by atoms with Gasteiger partial charge in [0.25, 0.3) is 0 Å². The first-order chi connectivity index (χ1) is 12.9. The number of benzene rings is 1. The second-order valence-corrected chi connectivity index (χ2v) is 6.81. The van der Waals surface area contributed by atoms with Crippen molar-refractivity contribution in [1.29, 1.82) is 0 Å². The van der Waals surface area contributed by atoms with E-state index >= 15 is 0 Å². The molecule has 1 aliphatic rings. The molecule has 1 unspecified atom stereocenters. The van der Waals surface area contributed by atoms with Crippen LogP contribution in [0.5, 0.6) is 0 Å². The van der Waals surface area contributed by atoms with Gasteiger partial charge in [-0.05, 0) is 51.1 Å². The van der Waals surface area contributed by atoms with E-state index in [-0.39, 0.29) is 6.54 Å². The van der Waals surface area contributed by atoms with E-state index in [0.29, 0.717) is 35.5 Å². The van der Waals surface area contributed by atoms with Gasteiger partial charge in [0.15, 0.2) is 0 Å². The summed E-state index contributed by atoms with van der Waals surface area (Å²) < 4.78 is 38.2. The summed E-state index contributed by atoms with van der Waals surface area (Å²) in [4.78, 5) is 11.1. The van der Waals surface area contributed by atoms with Gasteiger partial charge in [-0.25, -0.2) is 9.97 Å². The molecule has 1 aromatic heterocycles. The van der Waals surface area contributed by atoms with Crippen LogP contribution in [0.25, 0.3) is 17.0 Å². The monoisotopic (exact) mass is 378 g/mol. The lowest BCUT2D eigenvalue weighted by Crippen LogP contribution is -2.27. The normalized spacial score (nSPS) is 18.0. The van der Waals surface area contributed by atoms with Crippen molar-refractivity contribution in [1.82, 2.24) is 14.9 Å². The van der Waals surface area contributed by atoms with Crippen LogP contribution in [0.1, 0.15) is 30.5 Å². The minimum absolute atomic E-state index is 0.0177. The summed E-state index contributed by atoms with van der Waals surface area (Å²) in [6, 6.07) is 7.07. The number of nitrogens with one attached hydrogen (secondary N) is 2. The van der Waals surface area contributed by atoms with Crippen molar-refractivity contribution in [3.8, 4) is 11.3 Å². The van der Waals surface area contributed by atoms with E-state index in [0.717, 1.165) is 25.1 Å². The van der Waals surface area contributed by atoms with Crippen LogP contribution in [-0.4, -0.2) is 41.0 Å². The molecule has 0 aliphatic carbocycles. The Balaban J connectivity index is 1.73. The Bertz CT molecular complexity index is 761. The fourth-order valence-electron chi connectivity index (χ4n) is 3.34. The average Bonchev–Trinajstić information content (AvgIpc) is 3.06. The molecule has 27 heavy (non-hydrogen) atoms.